The number of carbonyl (C=O) groups is 4. The van der Waals surface area contributed by atoms with E-state index in [4.69, 9.17) is 9.47 Å². The van der Waals surface area contributed by atoms with Crippen molar-refractivity contribution in [3.63, 3.8) is 0 Å². The molecule has 3 aromatic rings. The fraction of sp³-hybridized carbons (Fsp3) is 0.276. The molecule has 0 radical (unpaired) electrons. The average Bonchev–Trinajstić information content (AvgIpc) is 3.28. The van der Waals surface area contributed by atoms with Gasteiger partial charge in [-0.15, -0.1) is 0 Å². The van der Waals surface area contributed by atoms with Crippen molar-refractivity contribution in [2.24, 2.45) is 5.92 Å². The van der Waals surface area contributed by atoms with E-state index in [1.807, 2.05) is 48.5 Å². The summed E-state index contributed by atoms with van der Waals surface area (Å²) in [5, 5.41) is 11.8. The lowest BCUT2D eigenvalue weighted by atomic mass is 9.97. The van der Waals surface area contributed by atoms with Gasteiger partial charge in [0.1, 0.15) is 12.6 Å². The van der Waals surface area contributed by atoms with E-state index in [-0.39, 0.29) is 36.2 Å². The van der Waals surface area contributed by atoms with Crippen molar-refractivity contribution in [2.75, 3.05) is 25.2 Å². The van der Waals surface area contributed by atoms with Gasteiger partial charge >= 0.3 is 18.0 Å². The second-order valence-corrected chi connectivity index (χ2v) is 10.1. The molecule has 202 valence electrons. The second kappa shape index (κ2) is 13.1. The molecule has 1 aliphatic carbocycles. The number of hydrogen-bond acceptors (Lipinski definition) is 8. The number of carboxylic acid groups (broad SMARTS) is 1. The lowest BCUT2D eigenvalue weighted by Gasteiger charge is -2.19. The minimum Gasteiger partial charge on any atom is -0.481 e. The Kier molecular flexibility index (Phi) is 9.32. The molecule has 10 heteroatoms. The molecule has 1 unspecified atom stereocenters. The number of nitrogens with one attached hydrogen (secondary N) is 1. The van der Waals surface area contributed by atoms with E-state index >= 15 is 0 Å². The molecule has 0 bridgehead atoms. The number of carboxylic acids is 1. The van der Waals surface area contributed by atoms with Crippen LogP contribution in [0.2, 0.25) is 0 Å². The van der Waals surface area contributed by atoms with Gasteiger partial charge in [0, 0.05) is 41.3 Å². The molecule has 4 rings (SSSR count). The van der Waals surface area contributed by atoms with E-state index in [1.165, 1.54) is 31.3 Å². The number of alkyl carbamates (subject to hydrolysis) is 1. The number of benzene rings is 2. The van der Waals surface area contributed by atoms with E-state index in [9.17, 15) is 24.3 Å². The number of ether oxygens (including phenoxy) is 2. The first-order valence-electron chi connectivity index (χ1n) is 12.3. The first-order valence-corrected chi connectivity index (χ1v) is 13.5. The number of amides is 1. The van der Waals surface area contributed by atoms with Crippen LogP contribution < -0.4 is 5.32 Å². The number of carbonyl (C=O) groups excluding carboxylic acids is 3. The Hall–Kier alpha value is -4.18. The minimum absolute atomic E-state index is 0.0628. The van der Waals surface area contributed by atoms with E-state index in [0.29, 0.717) is 5.56 Å². The summed E-state index contributed by atoms with van der Waals surface area (Å²) in [7, 11) is 1.21. The summed E-state index contributed by atoms with van der Waals surface area (Å²) in [6.45, 7) is 0.0845. The van der Waals surface area contributed by atoms with Gasteiger partial charge < -0.3 is 19.9 Å². The second-order valence-electron chi connectivity index (χ2n) is 8.98. The first kappa shape index (κ1) is 27.8. The van der Waals surface area contributed by atoms with Crippen LogP contribution in [0.4, 0.5) is 4.79 Å². The largest absolute Gasteiger partial charge is 0.481 e. The molecule has 2 N–H and O–H groups in total. The maximum atomic E-state index is 12.8. The molecular weight excluding hydrogens is 520 g/mol. The van der Waals surface area contributed by atoms with Gasteiger partial charge in [0.25, 0.3) is 0 Å². The summed E-state index contributed by atoms with van der Waals surface area (Å²) in [4.78, 5) is 53.2. The molecular formula is C29H28N2O7S. The quantitative estimate of drug-likeness (QED) is 0.253. The highest BCUT2D eigenvalue weighted by Crippen LogP contribution is 2.44. The SMILES string of the molecule is COC(=O)[C@@H](CSCC(CC(=O)O)C(=O)c1cccnc1)NC(=O)OCC1c2ccccc2-c2ccccc21. The molecule has 1 heterocycles. The van der Waals surface area contributed by atoms with Crippen LogP contribution >= 0.6 is 11.8 Å². The molecule has 39 heavy (non-hydrogen) atoms. The number of Topliss-reactive ketones (excluding diaryl/α,β-unsaturated/α-hetero) is 1. The molecule has 2 atom stereocenters. The third kappa shape index (κ3) is 6.83. The Balaban J connectivity index is 1.35. The van der Waals surface area contributed by atoms with Gasteiger partial charge in [-0.25, -0.2) is 9.59 Å². The molecule has 1 aliphatic rings. The van der Waals surface area contributed by atoms with Crippen LogP contribution in [0.3, 0.4) is 0 Å². The molecule has 0 aliphatic heterocycles. The minimum atomic E-state index is -1.11. The zero-order chi connectivity index (χ0) is 27.8. The molecule has 9 nitrogen and oxygen atoms in total. The van der Waals surface area contributed by atoms with Crippen molar-refractivity contribution in [1.82, 2.24) is 10.3 Å². The number of aliphatic carboxylic acids is 1. The van der Waals surface area contributed by atoms with Crippen LogP contribution in [0.15, 0.2) is 73.1 Å². The molecule has 0 saturated heterocycles. The maximum absolute atomic E-state index is 12.8. The molecule has 0 spiro atoms. The van der Waals surface area contributed by atoms with Gasteiger partial charge in [-0.05, 0) is 34.4 Å². The summed E-state index contributed by atoms with van der Waals surface area (Å²) < 4.78 is 10.4. The molecule has 2 aromatic carbocycles. The summed E-state index contributed by atoms with van der Waals surface area (Å²) in [6, 6.07) is 18.0. The van der Waals surface area contributed by atoms with Crippen LogP contribution in [0.5, 0.6) is 0 Å². The number of ketones is 1. The van der Waals surface area contributed by atoms with Crippen molar-refractivity contribution in [2.45, 2.75) is 18.4 Å². The highest BCUT2D eigenvalue weighted by molar-refractivity contribution is 7.99. The number of esters is 1. The van der Waals surface area contributed by atoms with Crippen molar-refractivity contribution in [1.29, 1.82) is 0 Å². The van der Waals surface area contributed by atoms with E-state index in [0.717, 1.165) is 22.3 Å². The number of rotatable bonds is 12. The first-order chi connectivity index (χ1) is 18.9. The van der Waals surface area contributed by atoms with Crippen LogP contribution in [-0.2, 0) is 19.1 Å². The van der Waals surface area contributed by atoms with E-state index in [1.54, 1.807) is 12.1 Å². The van der Waals surface area contributed by atoms with Crippen LogP contribution in [-0.4, -0.2) is 65.2 Å². The Bertz CT molecular complexity index is 1300. The Morgan fingerprint density at radius 1 is 0.974 bits per heavy atom. The van der Waals surface area contributed by atoms with Gasteiger partial charge in [-0.1, -0.05) is 48.5 Å². The predicted octanol–water partition coefficient (Wildman–Crippen LogP) is 4.17. The third-order valence-electron chi connectivity index (χ3n) is 6.46. The maximum Gasteiger partial charge on any atom is 0.407 e. The molecule has 0 saturated carbocycles. The molecule has 0 fully saturated rings. The van der Waals surface area contributed by atoms with Gasteiger partial charge in [0.2, 0.25) is 0 Å². The predicted molar refractivity (Wildman–Crippen MR) is 146 cm³/mol. The highest BCUT2D eigenvalue weighted by atomic mass is 32.2. The van der Waals surface area contributed by atoms with E-state index < -0.39 is 30.0 Å². The zero-order valence-electron chi connectivity index (χ0n) is 21.2. The van der Waals surface area contributed by atoms with Crippen LogP contribution in [0.1, 0.15) is 33.8 Å². The molecule has 1 amide bonds. The smallest absolute Gasteiger partial charge is 0.407 e. The fourth-order valence-corrected chi connectivity index (χ4v) is 5.75. The normalized spacial score (nSPS) is 13.5. The average molecular weight is 549 g/mol. The van der Waals surface area contributed by atoms with Crippen molar-refractivity contribution < 1.29 is 33.8 Å². The van der Waals surface area contributed by atoms with Crippen LogP contribution in [0.25, 0.3) is 11.1 Å². The monoisotopic (exact) mass is 548 g/mol. The molecule has 1 aromatic heterocycles. The lowest BCUT2D eigenvalue weighted by molar-refractivity contribution is -0.142. The Labute approximate surface area is 229 Å². The number of thioether (sulfide) groups is 1. The fourth-order valence-electron chi connectivity index (χ4n) is 4.60. The van der Waals surface area contributed by atoms with Crippen molar-refractivity contribution in [3.05, 3.63) is 89.7 Å². The summed E-state index contributed by atoms with van der Waals surface area (Å²) >= 11 is 1.17. The lowest BCUT2D eigenvalue weighted by Crippen LogP contribution is -2.44. The van der Waals surface area contributed by atoms with Crippen LogP contribution in [0, 0.1) is 5.92 Å². The van der Waals surface area contributed by atoms with Crippen molar-refractivity contribution >= 4 is 35.6 Å². The summed E-state index contributed by atoms with van der Waals surface area (Å²) in [5.74, 6) is -2.91. The summed E-state index contributed by atoms with van der Waals surface area (Å²) in [6.07, 6.45) is 1.76. The Morgan fingerprint density at radius 3 is 2.23 bits per heavy atom. The highest BCUT2D eigenvalue weighted by Gasteiger charge is 2.30. The topological polar surface area (TPSA) is 132 Å². The van der Waals surface area contributed by atoms with E-state index in [2.05, 4.69) is 10.3 Å². The number of pyridine rings is 1. The number of hydrogen-bond donors (Lipinski definition) is 2. The zero-order valence-corrected chi connectivity index (χ0v) is 22.1. The summed E-state index contributed by atoms with van der Waals surface area (Å²) in [5.41, 5.74) is 4.64. The number of nitrogens with zero attached hydrogens (tertiary/aromatic N) is 1. The van der Waals surface area contributed by atoms with Gasteiger partial charge in [0.15, 0.2) is 5.78 Å². The van der Waals surface area contributed by atoms with Gasteiger partial charge in [0.05, 0.1) is 13.5 Å². The number of fused-ring (bicyclic) bond motifs is 3. The standard InChI is InChI=1S/C29H28N2O7S/c1-37-28(35)25(17-39-16-19(13-26(32)33)27(34)18-7-6-12-30-14-18)31-29(36)38-15-24-22-10-4-2-8-20(22)21-9-3-5-11-23(21)24/h2-12,14,19,24-25H,13,15-17H2,1H3,(H,31,36)(H,32,33)/t19?,25-/m1/s1. The third-order valence-corrected chi connectivity index (χ3v) is 7.67. The van der Waals surface area contributed by atoms with Gasteiger partial charge in [-0.2, -0.15) is 11.8 Å². The number of methoxy groups -OCH3 is 1. The number of aromatic nitrogens is 1. The van der Waals surface area contributed by atoms with Crippen molar-refractivity contribution in [3.8, 4) is 11.1 Å². The van der Waals surface area contributed by atoms with Gasteiger partial charge in [-0.3, -0.25) is 14.6 Å². The Morgan fingerprint density at radius 2 is 1.64 bits per heavy atom.